The molecule has 0 radical (unpaired) electrons. The number of hydrogen-bond donors (Lipinski definition) is 4. The van der Waals surface area contributed by atoms with E-state index in [-0.39, 0.29) is 48.9 Å². The summed E-state index contributed by atoms with van der Waals surface area (Å²) in [7, 11) is 1.27. The minimum absolute atomic E-state index is 0. The Morgan fingerprint density at radius 1 is 1.10 bits per heavy atom. The summed E-state index contributed by atoms with van der Waals surface area (Å²) in [6.45, 7) is -0.236. The number of nitrogens with two attached hydrogens (primary N) is 1. The number of amides is 6. The molecule has 0 saturated carbocycles. The summed E-state index contributed by atoms with van der Waals surface area (Å²) in [4.78, 5) is 76.7. The number of imide groups is 1. The number of primary amides is 1. The van der Waals surface area contributed by atoms with Crippen LogP contribution in [0.25, 0.3) is 0 Å². The van der Waals surface area contributed by atoms with Crippen LogP contribution in [-0.4, -0.2) is 81.0 Å². The molecule has 0 spiro atoms. The average Bonchev–Trinajstić information content (AvgIpc) is 2.96. The van der Waals surface area contributed by atoms with Gasteiger partial charge in [-0.2, -0.15) is 0 Å². The summed E-state index contributed by atoms with van der Waals surface area (Å²) in [6.07, 6.45) is 0.231. The largest absolute Gasteiger partial charge is 1.00 e. The van der Waals surface area contributed by atoms with Gasteiger partial charge in [-0.1, -0.05) is 48.5 Å². The molecule has 1 saturated heterocycles. The maximum Gasteiger partial charge on any atom is 1.00 e. The SMILES string of the molecule is CN(C(=O)NC(C(=O)NC1C(=O)N2C(C(=O)O)=CC(COC(N)=O)S[C@H]12)c1ccccc1)C(=O)c1ccccc1.[H-].[Na+]. The monoisotopic (exact) mass is 591 g/mol. The number of carbonyl (C=O) groups excluding carboxylic acids is 5. The summed E-state index contributed by atoms with van der Waals surface area (Å²) in [5.41, 5.74) is 5.35. The molecule has 0 bridgehead atoms. The second-order valence-corrected chi connectivity index (χ2v) is 10.1. The van der Waals surface area contributed by atoms with Gasteiger partial charge >= 0.3 is 47.7 Å². The predicted molar refractivity (Wildman–Crippen MR) is 143 cm³/mol. The third-order valence-corrected chi connectivity index (χ3v) is 7.54. The Kier molecular flexibility index (Phi) is 10.6. The van der Waals surface area contributed by atoms with E-state index in [0.717, 1.165) is 21.6 Å². The van der Waals surface area contributed by atoms with Gasteiger partial charge in [-0.25, -0.2) is 14.4 Å². The number of carbonyl (C=O) groups is 6. The van der Waals surface area contributed by atoms with E-state index >= 15 is 0 Å². The summed E-state index contributed by atoms with van der Waals surface area (Å²) >= 11 is 1.10. The molecule has 15 heteroatoms. The molecule has 4 rings (SSSR count). The first-order valence-corrected chi connectivity index (χ1v) is 12.9. The molecule has 0 aromatic heterocycles. The van der Waals surface area contributed by atoms with Crippen molar-refractivity contribution in [3.8, 4) is 0 Å². The van der Waals surface area contributed by atoms with Gasteiger partial charge in [-0.3, -0.25) is 24.2 Å². The standard InChI is InChI=1S/C26H25N5O8S.Na.H/c1-30(21(33)15-10-6-3-7-11-15)26(38)29-18(14-8-4-2-5-9-14)20(32)28-19-22(34)31-17(24(35)36)12-16(40-23(19)31)13-39-25(27)37;;/h2-12,16,18-19,23H,13H2,1H3,(H2,27,37)(H,28,32)(H,29,38)(H,35,36);;/q;+1;-1/t16?,18?,19?,23-;;/m1../s1. The van der Waals surface area contributed by atoms with Crippen molar-refractivity contribution in [1.29, 1.82) is 0 Å². The van der Waals surface area contributed by atoms with Crippen LogP contribution in [0, 0.1) is 0 Å². The van der Waals surface area contributed by atoms with Gasteiger partial charge < -0.3 is 27.6 Å². The molecule has 2 aliphatic heterocycles. The zero-order valence-corrected chi connectivity index (χ0v) is 24.9. The second kappa shape index (κ2) is 13.7. The molecule has 6 amide bonds. The van der Waals surface area contributed by atoms with Crippen molar-refractivity contribution < 1.29 is 69.6 Å². The molecule has 2 heterocycles. The Labute approximate surface area is 262 Å². The molecule has 0 aliphatic carbocycles. The van der Waals surface area contributed by atoms with E-state index in [9.17, 15) is 33.9 Å². The number of thioether (sulfide) groups is 1. The molecule has 1 fully saturated rings. The first-order chi connectivity index (χ1) is 19.1. The molecule has 2 aromatic carbocycles. The first kappa shape index (κ1) is 31.7. The van der Waals surface area contributed by atoms with Gasteiger partial charge in [0.25, 0.3) is 11.8 Å². The van der Waals surface area contributed by atoms with Crippen LogP contribution in [-0.2, 0) is 19.1 Å². The molecule has 2 aromatic rings. The molecular formula is C26H26N5NaO8S. The van der Waals surface area contributed by atoms with E-state index < -0.39 is 58.5 Å². The number of fused-ring (bicyclic) bond motifs is 1. The number of nitrogens with zero attached hydrogens (tertiary/aromatic N) is 2. The van der Waals surface area contributed by atoms with E-state index in [1.807, 2.05) is 0 Å². The van der Waals surface area contributed by atoms with Crippen molar-refractivity contribution in [3.63, 3.8) is 0 Å². The third-order valence-electron chi connectivity index (χ3n) is 6.16. The van der Waals surface area contributed by atoms with Gasteiger partial charge in [0.15, 0.2) is 0 Å². The Morgan fingerprint density at radius 3 is 2.29 bits per heavy atom. The average molecular weight is 592 g/mol. The zero-order chi connectivity index (χ0) is 29.0. The fourth-order valence-corrected chi connectivity index (χ4v) is 5.56. The third kappa shape index (κ3) is 7.08. The van der Waals surface area contributed by atoms with Gasteiger partial charge in [-0.15, -0.1) is 11.8 Å². The van der Waals surface area contributed by atoms with Gasteiger partial charge in [-0.05, 0) is 23.8 Å². The quantitative estimate of drug-likeness (QED) is 0.202. The van der Waals surface area contributed by atoms with Crippen molar-refractivity contribution in [1.82, 2.24) is 20.4 Å². The Balaban J connectivity index is 0.00000308. The molecule has 13 nitrogen and oxygen atoms in total. The second-order valence-electron chi connectivity index (χ2n) is 8.77. The van der Waals surface area contributed by atoms with Crippen LogP contribution >= 0.6 is 11.8 Å². The van der Waals surface area contributed by atoms with Crippen LogP contribution in [0.3, 0.4) is 0 Å². The van der Waals surface area contributed by atoms with Crippen molar-refractivity contribution in [2.45, 2.75) is 22.7 Å². The van der Waals surface area contributed by atoms with Crippen LogP contribution in [0.15, 0.2) is 72.4 Å². The van der Waals surface area contributed by atoms with Crippen molar-refractivity contribution in [3.05, 3.63) is 83.6 Å². The number of benzene rings is 2. The smallest absolute Gasteiger partial charge is 1.00 e. The molecule has 4 atom stereocenters. The van der Waals surface area contributed by atoms with E-state index in [1.54, 1.807) is 60.7 Å². The number of nitrogens with one attached hydrogen (secondary N) is 2. The number of rotatable bonds is 8. The summed E-state index contributed by atoms with van der Waals surface area (Å²) in [5.74, 6) is -3.38. The van der Waals surface area contributed by atoms with Crippen LogP contribution in [0.1, 0.15) is 23.4 Å². The predicted octanol–water partition coefficient (Wildman–Crippen LogP) is -1.84. The molecular weight excluding hydrogens is 565 g/mol. The fraction of sp³-hybridized carbons (Fsp3) is 0.231. The Hall–Kier alpha value is -3.85. The molecule has 3 unspecified atom stereocenters. The van der Waals surface area contributed by atoms with Gasteiger partial charge in [0.1, 0.15) is 29.8 Å². The minimum atomic E-state index is -1.37. The molecule has 5 N–H and O–H groups in total. The van der Waals surface area contributed by atoms with E-state index in [1.165, 1.54) is 13.1 Å². The zero-order valence-electron chi connectivity index (χ0n) is 23.1. The van der Waals surface area contributed by atoms with Crippen molar-refractivity contribution in [2.24, 2.45) is 5.73 Å². The van der Waals surface area contributed by atoms with Crippen molar-refractivity contribution in [2.75, 3.05) is 13.7 Å². The number of carboxylic acids is 1. The van der Waals surface area contributed by atoms with E-state index in [2.05, 4.69) is 10.6 Å². The molecule has 41 heavy (non-hydrogen) atoms. The molecule has 210 valence electrons. The Bertz CT molecular complexity index is 1380. The van der Waals surface area contributed by atoms with Crippen LogP contribution in [0.4, 0.5) is 9.59 Å². The summed E-state index contributed by atoms with van der Waals surface area (Å²) in [6, 6.07) is 13.0. The maximum atomic E-state index is 13.5. The first-order valence-electron chi connectivity index (χ1n) is 11.9. The fourth-order valence-electron chi connectivity index (χ4n) is 4.16. The van der Waals surface area contributed by atoms with Crippen molar-refractivity contribution >= 4 is 47.6 Å². The summed E-state index contributed by atoms with van der Waals surface area (Å²) < 4.78 is 4.78. The number of urea groups is 1. The number of carboxylic acid groups (broad SMARTS) is 1. The van der Waals surface area contributed by atoms with Gasteiger partial charge in [0, 0.05) is 12.6 Å². The van der Waals surface area contributed by atoms with Crippen LogP contribution < -0.4 is 45.9 Å². The number of ether oxygens (including phenoxy) is 1. The summed E-state index contributed by atoms with van der Waals surface area (Å²) in [5, 5.41) is 13.3. The minimum Gasteiger partial charge on any atom is -1.00 e. The van der Waals surface area contributed by atoms with Gasteiger partial charge in [0.2, 0.25) is 5.91 Å². The number of aliphatic carboxylic acids is 1. The van der Waals surface area contributed by atoms with Crippen LogP contribution in [0.2, 0.25) is 0 Å². The Morgan fingerprint density at radius 2 is 1.71 bits per heavy atom. The molecule has 2 aliphatic rings. The maximum absolute atomic E-state index is 13.5. The van der Waals surface area contributed by atoms with E-state index in [4.69, 9.17) is 10.5 Å². The number of hydrogen-bond acceptors (Lipinski definition) is 8. The number of β-lactam (4-membered cyclic amide) rings is 1. The van der Waals surface area contributed by atoms with Gasteiger partial charge in [0.05, 0.1) is 5.25 Å². The topological polar surface area (TPSA) is 188 Å². The van der Waals surface area contributed by atoms with E-state index in [0.29, 0.717) is 5.56 Å². The normalized spacial score (nSPS) is 19.6. The van der Waals surface area contributed by atoms with Crippen LogP contribution in [0.5, 0.6) is 0 Å².